The van der Waals surface area contributed by atoms with Gasteiger partial charge in [0, 0.05) is 6.07 Å². The molecule has 1 saturated carbocycles. The Morgan fingerprint density at radius 2 is 2.06 bits per heavy atom. The lowest BCUT2D eigenvalue weighted by Crippen LogP contribution is -2.37. The zero-order valence-corrected chi connectivity index (χ0v) is 10.2. The quantitative estimate of drug-likeness (QED) is 0.896. The maximum absolute atomic E-state index is 13.3. The molecule has 0 unspecified atom stereocenters. The number of rotatable bonds is 3. The zero-order valence-electron chi connectivity index (χ0n) is 10.2. The minimum atomic E-state index is -0.789. The van der Waals surface area contributed by atoms with Crippen LogP contribution in [0.2, 0.25) is 0 Å². The highest BCUT2D eigenvalue weighted by molar-refractivity contribution is 5.36. The first-order chi connectivity index (χ1) is 8.63. The molecule has 0 atom stereocenters. The first-order valence-electron chi connectivity index (χ1n) is 6.18. The topological polar surface area (TPSA) is 53.2 Å². The molecule has 4 heteroatoms. The fraction of sp³-hybridized carbons (Fsp3) is 0.500. The van der Waals surface area contributed by atoms with Crippen molar-refractivity contribution in [3.63, 3.8) is 0 Å². The van der Waals surface area contributed by atoms with Gasteiger partial charge in [-0.1, -0.05) is 19.3 Å². The highest BCUT2D eigenvalue weighted by Gasteiger charge is 2.30. The molecule has 0 radical (unpaired) electrons. The van der Waals surface area contributed by atoms with Crippen molar-refractivity contribution in [2.24, 2.45) is 0 Å². The molecule has 1 N–H and O–H groups in total. The van der Waals surface area contributed by atoms with Gasteiger partial charge >= 0.3 is 0 Å². The third-order valence-electron chi connectivity index (χ3n) is 3.35. The molecule has 0 amide bonds. The Kier molecular flexibility index (Phi) is 3.83. The van der Waals surface area contributed by atoms with Gasteiger partial charge in [0.15, 0.2) is 0 Å². The number of benzene rings is 1. The van der Waals surface area contributed by atoms with Crippen LogP contribution in [-0.4, -0.2) is 17.3 Å². The van der Waals surface area contributed by atoms with Crippen LogP contribution in [0.1, 0.15) is 37.7 Å². The molecule has 3 nitrogen and oxygen atoms in total. The molecule has 0 heterocycles. The van der Waals surface area contributed by atoms with Crippen molar-refractivity contribution >= 4 is 0 Å². The number of aliphatic hydroxyl groups is 1. The molecule has 1 aromatic rings. The number of hydrogen-bond donors (Lipinski definition) is 1. The summed E-state index contributed by atoms with van der Waals surface area (Å²) in [7, 11) is 0. The van der Waals surface area contributed by atoms with E-state index in [1.165, 1.54) is 12.1 Å². The van der Waals surface area contributed by atoms with E-state index >= 15 is 0 Å². The van der Waals surface area contributed by atoms with E-state index < -0.39 is 11.4 Å². The normalized spacial score (nSPS) is 18.1. The molecule has 96 valence electrons. The molecule has 0 spiro atoms. The maximum atomic E-state index is 13.3. The van der Waals surface area contributed by atoms with E-state index in [9.17, 15) is 9.50 Å². The van der Waals surface area contributed by atoms with Crippen molar-refractivity contribution in [2.75, 3.05) is 6.61 Å². The Balaban J connectivity index is 1.98. The van der Waals surface area contributed by atoms with E-state index in [-0.39, 0.29) is 12.2 Å². The highest BCUT2D eigenvalue weighted by Crippen LogP contribution is 2.29. The first kappa shape index (κ1) is 12.8. The van der Waals surface area contributed by atoms with Gasteiger partial charge in [-0.3, -0.25) is 0 Å². The molecule has 0 aromatic heterocycles. The average Bonchev–Trinajstić information content (AvgIpc) is 2.38. The van der Waals surface area contributed by atoms with E-state index in [1.54, 1.807) is 12.1 Å². The smallest absolute Gasteiger partial charge is 0.144 e. The third kappa shape index (κ3) is 2.99. The number of nitriles is 1. The van der Waals surface area contributed by atoms with Crippen LogP contribution in [0.5, 0.6) is 5.75 Å². The first-order valence-corrected chi connectivity index (χ1v) is 6.18. The van der Waals surface area contributed by atoms with E-state index in [2.05, 4.69) is 0 Å². The van der Waals surface area contributed by atoms with Gasteiger partial charge in [-0.2, -0.15) is 5.26 Å². The minimum absolute atomic E-state index is 0.00118. The highest BCUT2D eigenvalue weighted by atomic mass is 19.1. The predicted molar refractivity (Wildman–Crippen MR) is 64.6 cm³/mol. The SMILES string of the molecule is N#Cc1ccc(OCC2(O)CCCCC2)cc1F. The van der Waals surface area contributed by atoms with Gasteiger partial charge in [0.05, 0.1) is 11.2 Å². The van der Waals surface area contributed by atoms with Crippen LogP contribution in [0.15, 0.2) is 18.2 Å². The number of hydrogen-bond acceptors (Lipinski definition) is 3. The summed E-state index contributed by atoms with van der Waals surface area (Å²) in [4.78, 5) is 0. The van der Waals surface area contributed by atoms with Gasteiger partial charge in [0.25, 0.3) is 0 Å². The fourth-order valence-corrected chi connectivity index (χ4v) is 2.25. The number of halogens is 1. The molecule has 1 aliphatic carbocycles. The standard InChI is InChI=1S/C14H16FNO2/c15-13-8-12(5-4-11(13)9-16)18-10-14(17)6-2-1-3-7-14/h4-5,8,17H,1-3,6-7,10H2. The lowest BCUT2D eigenvalue weighted by atomic mass is 9.85. The van der Waals surface area contributed by atoms with Gasteiger partial charge in [-0.05, 0) is 25.0 Å². The Hall–Kier alpha value is -1.60. The monoisotopic (exact) mass is 249 g/mol. The van der Waals surface area contributed by atoms with Gasteiger partial charge < -0.3 is 9.84 Å². The second kappa shape index (κ2) is 5.36. The fourth-order valence-electron chi connectivity index (χ4n) is 2.25. The van der Waals surface area contributed by atoms with E-state index in [0.717, 1.165) is 32.1 Å². The summed E-state index contributed by atoms with van der Waals surface area (Å²) in [6.45, 7) is 0.179. The van der Waals surface area contributed by atoms with Gasteiger partial charge in [-0.15, -0.1) is 0 Å². The molecule has 18 heavy (non-hydrogen) atoms. The molecule has 1 fully saturated rings. The number of nitrogens with zero attached hydrogens (tertiary/aromatic N) is 1. The molecule has 2 rings (SSSR count). The van der Waals surface area contributed by atoms with Crippen LogP contribution in [0.4, 0.5) is 4.39 Å². The van der Waals surface area contributed by atoms with Gasteiger partial charge in [-0.25, -0.2) is 4.39 Å². The Labute approximate surface area is 106 Å². The molecular weight excluding hydrogens is 233 g/mol. The van der Waals surface area contributed by atoms with Crippen molar-refractivity contribution < 1.29 is 14.2 Å². The van der Waals surface area contributed by atoms with Crippen LogP contribution in [-0.2, 0) is 0 Å². The third-order valence-corrected chi connectivity index (χ3v) is 3.35. The largest absolute Gasteiger partial charge is 0.490 e. The summed E-state index contributed by atoms with van der Waals surface area (Å²) in [5, 5.41) is 18.8. The lowest BCUT2D eigenvalue weighted by Gasteiger charge is -2.31. The maximum Gasteiger partial charge on any atom is 0.144 e. The van der Waals surface area contributed by atoms with Crippen molar-refractivity contribution in [2.45, 2.75) is 37.7 Å². The van der Waals surface area contributed by atoms with Crippen LogP contribution in [0.3, 0.4) is 0 Å². The summed E-state index contributed by atoms with van der Waals surface area (Å²) in [6.07, 6.45) is 4.61. The summed E-state index contributed by atoms with van der Waals surface area (Å²) >= 11 is 0. The second-order valence-electron chi connectivity index (χ2n) is 4.83. The second-order valence-corrected chi connectivity index (χ2v) is 4.83. The Morgan fingerprint density at radius 3 is 2.67 bits per heavy atom. The summed E-state index contributed by atoms with van der Waals surface area (Å²) in [5.74, 6) is -0.240. The molecule has 0 bridgehead atoms. The van der Waals surface area contributed by atoms with Crippen molar-refractivity contribution in [1.82, 2.24) is 0 Å². The van der Waals surface area contributed by atoms with Crippen molar-refractivity contribution in [1.29, 1.82) is 5.26 Å². The number of ether oxygens (including phenoxy) is 1. The molecule has 1 aliphatic rings. The predicted octanol–water partition coefficient (Wildman–Crippen LogP) is 2.77. The van der Waals surface area contributed by atoms with E-state index in [4.69, 9.17) is 10.00 Å². The van der Waals surface area contributed by atoms with Crippen molar-refractivity contribution in [3.05, 3.63) is 29.6 Å². The molecule has 0 saturated heterocycles. The van der Waals surface area contributed by atoms with Crippen molar-refractivity contribution in [3.8, 4) is 11.8 Å². The Morgan fingerprint density at radius 1 is 1.33 bits per heavy atom. The molecule has 0 aliphatic heterocycles. The summed E-state index contributed by atoms with van der Waals surface area (Å²) in [5.41, 5.74) is -0.790. The summed E-state index contributed by atoms with van der Waals surface area (Å²) < 4.78 is 18.8. The van der Waals surface area contributed by atoms with Gasteiger partial charge in [0.2, 0.25) is 0 Å². The zero-order chi connectivity index (χ0) is 13.0. The molecular formula is C14H16FNO2. The minimum Gasteiger partial charge on any atom is -0.490 e. The lowest BCUT2D eigenvalue weighted by molar-refractivity contribution is -0.0339. The van der Waals surface area contributed by atoms with Crippen LogP contribution >= 0.6 is 0 Å². The van der Waals surface area contributed by atoms with E-state index in [0.29, 0.717) is 5.75 Å². The molecule has 1 aromatic carbocycles. The van der Waals surface area contributed by atoms with E-state index in [1.807, 2.05) is 0 Å². The summed E-state index contributed by atoms with van der Waals surface area (Å²) in [6, 6.07) is 5.87. The van der Waals surface area contributed by atoms with Gasteiger partial charge in [0.1, 0.15) is 24.2 Å². The Bertz CT molecular complexity index is 461. The van der Waals surface area contributed by atoms with Crippen LogP contribution in [0.25, 0.3) is 0 Å². The van der Waals surface area contributed by atoms with Crippen LogP contribution < -0.4 is 4.74 Å². The average molecular weight is 249 g/mol. The van der Waals surface area contributed by atoms with Crippen LogP contribution in [0, 0.1) is 17.1 Å².